The Bertz CT molecular complexity index is 1590. The number of aliphatic carboxylic acids is 2. The molecule has 0 spiro atoms. The van der Waals surface area contributed by atoms with Crippen LogP contribution in [0.3, 0.4) is 0 Å². The van der Waals surface area contributed by atoms with Crippen molar-refractivity contribution in [1.29, 1.82) is 0 Å². The van der Waals surface area contributed by atoms with Gasteiger partial charge in [0.15, 0.2) is 23.2 Å². The summed E-state index contributed by atoms with van der Waals surface area (Å²) < 4.78 is 21.6. The molecule has 0 aromatic carbocycles. The molecule has 4 rings (SSSR count). The number of carbonyl (C=O) groups excluding carboxylic acids is 2. The zero-order chi connectivity index (χ0) is 39.2. The van der Waals surface area contributed by atoms with E-state index < -0.39 is 122 Å². The number of ether oxygens (including phenoxy) is 4. The first-order valence-corrected chi connectivity index (χ1v) is 17.2. The number of thiazole rings is 1. The van der Waals surface area contributed by atoms with E-state index in [0.29, 0.717) is 0 Å². The predicted molar refractivity (Wildman–Crippen MR) is 175 cm³/mol. The SMILES string of the molecule is C=CC1=C(C(=O)O)N[C@@H]([C@H](NC(=O)/C(=N\OCC(=O)O)c2csc(N)n2)C(=O)OC[C@H]2O[C@@](CO)(O[C@H]3OC(CO)[C@@H](O)C(O)C3O)C(O)C2O)SC1. The molecule has 0 bridgehead atoms. The number of allylic oxidation sites excluding steroid dienone is 1. The van der Waals surface area contributed by atoms with Crippen molar-refractivity contribution in [2.75, 3.05) is 37.9 Å². The van der Waals surface area contributed by atoms with Crippen molar-refractivity contribution < 1.29 is 88.9 Å². The molecule has 3 aliphatic rings. The zero-order valence-electron chi connectivity index (χ0n) is 27.2. The lowest BCUT2D eigenvalue weighted by atomic mass is 9.99. The van der Waals surface area contributed by atoms with Gasteiger partial charge in [-0.2, -0.15) is 0 Å². The Labute approximate surface area is 306 Å². The molecule has 1 aromatic heterocycles. The van der Waals surface area contributed by atoms with Gasteiger partial charge >= 0.3 is 17.9 Å². The topological polar surface area (TPSA) is 372 Å². The molecule has 11 atom stereocenters. The number of oxime groups is 1. The van der Waals surface area contributed by atoms with Crippen LogP contribution < -0.4 is 16.4 Å². The van der Waals surface area contributed by atoms with Crippen LogP contribution in [0.2, 0.25) is 0 Å². The lowest BCUT2D eigenvalue weighted by Gasteiger charge is -2.43. The minimum atomic E-state index is -2.59. The van der Waals surface area contributed by atoms with Crippen molar-refractivity contribution in [3.05, 3.63) is 35.0 Å². The largest absolute Gasteiger partial charge is 0.479 e. The standard InChI is InChI=1S/C28H37N5O18S2/c1-2-9-6-52-23(32-14(9)24(44)45)16(31-22(43)15(33-48-5-13(36)37)10-7-53-27(29)30-10)25(46)47-4-12-18(39)21(42)28(8-35,50-12)51-26-20(41)19(40)17(38)11(3-34)49-26/h2,7,11-12,16-21,23,26,32,34-35,38-42H,1,3-6,8H2,(H2,29,30)(H,31,43)(H,36,37)(H,44,45)/b33-15-/t11?,12-,16+,17-,18?,19?,20?,21?,23-,26-,28+/m1/s1. The van der Waals surface area contributed by atoms with E-state index in [9.17, 15) is 60.0 Å². The second kappa shape index (κ2) is 17.9. The Morgan fingerprint density at radius 3 is 2.43 bits per heavy atom. The predicted octanol–water partition coefficient (Wildman–Crippen LogP) is -5.63. The monoisotopic (exact) mass is 795 g/mol. The molecule has 3 aliphatic heterocycles. The number of aliphatic hydroxyl groups is 7. The van der Waals surface area contributed by atoms with Crippen LogP contribution in [0.1, 0.15) is 5.69 Å². The zero-order valence-corrected chi connectivity index (χ0v) is 28.8. The summed E-state index contributed by atoms with van der Waals surface area (Å²) in [4.78, 5) is 58.8. The van der Waals surface area contributed by atoms with Gasteiger partial charge in [0.1, 0.15) is 72.7 Å². The number of thioether (sulfide) groups is 1. The Hall–Kier alpha value is -3.99. The van der Waals surface area contributed by atoms with Crippen LogP contribution in [0.4, 0.5) is 5.13 Å². The molecule has 4 heterocycles. The van der Waals surface area contributed by atoms with Crippen LogP contribution in [0.25, 0.3) is 0 Å². The van der Waals surface area contributed by atoms with Crippen molar-refractivity contribution in [2.45, 2.75) is 66.2 Å². The first kappa shape index (κ1) is 41.8. The molecule has 2 saturated heterocycles. The summed E-state index contributed by atoms with van der Waals surface area (Å²) in [5, 5.41) is 98.9. The summed E-state index contributed by atoms with van der Waals surface area (Å²) >= 11 is 1.83. The van der Waals surface area contributed by atoms with E-state index in [1.54, 1.807) is 0 Å². The highest BCUT2D eigenvalue weighted by molar-refractivity contribution is 8.00. The van der Waals surface area contributed by atoms with Gasteiger partial charge in [0.05, 0.1) is 6.61 Å². The second-order valence-corrected chi connectivity index (χ2v) is 13.4. The maximum atomic E-state index is 13.7. The van der Waals surface area contributed by atoms with Crippen molar-refractivity contribution in [2.24, 2.45) is 5.16 Å². The smallest absolute Gasteiger partial charge is 0.352 e. The lowest BCUT2D eigenvalue weighted by Crippen LogP contribution is -2.62. The molecule has 13 N–H and O–H groups in total. The van der Waals surface area contributed by atoms with Crippen LogP contribution in [-0.4, -0.2) is 179 Å². The number of amides is 1. The van der Waals surface area contributed by atoms with Gasteiger partial charge in [-0.15, -0.1) is 23.1 Å². The number of carboxylic acids is 2. The number of carboxylic acid groups (broad SMARTS) is 2. The summed E-state index contributed by atoms with van der Waals surface area (Å²) in [5.74, 6) is -7.93. The van der Waals surface area contributed by atoms with Crippen LogP contribution in [0.5, 0.6) is 0 Å². The molecule has 23 nitrogen and oxygen atoms in total. The van der Waals surface area contributed by atoms with E-state index in [2.05, 4.69) is 27.4 Å². The third kappa shape index (κ3) is 9.39. The summed E-state index contributed by atoms with van der Waals surface area (Å²) in [7, 11) is 0. The van der Waals surface area contributed by atoms with Crippen molar-refractivity contribution in [1.82, 2.24) is 15.6 Å². The highest BCUT2D eigenvalue weighted by Crippen LogP contribution is 2.36. The van der Waals surface area contributed by atoms with E-state index >= 15 is 0 Å². The molecule has 294 valence electrons. The minimum Gasteiger partial charge on any atom is -0.479 e. The summed E-state index contributed by atoms with van der Waals surface area (Å²) in [6.45, 7) is -0.368. The number of rotatable bonds is 16. The Kier molecular flexibility index (Phi) is 14.1. The van der Waals surface area contributed by atoms with Gasteiger partial charge in [-0.25, -0.2) is 19.4 Å². The second-order valence-electron chi connectivity index (χ2n) is 11.4. The van der Waals surface area contributed by atoms with Crippen LogP contribution in [0.15, 0.2) is 34.5 Å². The number of nitrogens with one attached hydrogen (secondary N) is 2. The molecule has 2 fully saturated rings. The lowest BCUT2D eigenvalue weighted by molar-refractivity contribution is -0.383. The van der Waals surface area contributed by atoms with Crippen molar-refractivity contribution in [3.8, 4) is 0 Å². The van der Waals surface area contributed by atoms with Crippen LogP contribution in [0, 0.1) is 0 Å². The third-order valence-electron chi connectivity index (χ3n) is 7.93. The third-order valence-corrected chi connectivity index (χ3v) is 9.83. The van der Waals surface area contributed by atoms with Gasteiger partial charge in [-0.05, 0) is 5.57 Å². The van der Waals surface area contributed by atoms with E-state index in [-0.39, 0.29) is 27.8 Å². The van der Waals surface area contributed by atoms with Crippen molar-refractivity contribution in [3.63, 3.8) is 0 Å². The van der Waals surface area contributed by atoms with Gasteiger partial charge < -0.3 is 86.1 Å². The average molecular weight is 796 g/mol. The molecule has 0 saturated carbocycles. The van der Waals surface area contributed by atoms with E-state index in [1.165, 1.54) is 11.5 Å². The van der Waals surface area contributed by atoms with E-state index in [1.807, 2.05) is 0 Å². The highest BCUT2D eigenvalue weighted by atomic mass is 32.2. The number of nitrogen functional groups attached to an aromatic ring is 1. The fraction of sp³-hybridized carbons (Fsp3) is 0.571. The summed E-state index contributed by atoms with van der Waals surface area (Å²) in [6.07, 6.45) is -13.6. The molecule has 1 amide bonds. The molecule has 53 heavy (non-hydrogen) atoms. The molecule has 0 radical (unpaired) electrons. The molecule has 1 aromatic rings. The van der Waals surface area contributed by atoms with Crippen molar-refractivity contribution >= 4 is 57.8 Å². The number of anilines is 1. The Morgan fingerprint density at radius 1 is 1.13 bits per heavy atom. The summed E-state index contributed by atoms with van der Waals surface area (Å²) in [6, 6.07) is -1.79. The highest BCUT2D eigenvalue weighted by Gasteiger charge is 2.59. The Balaban J connectivity index is 1.56. The fourth-order valence-corrected chi connectivity index (χ4v) is 6.90. The number of hydrogen-bond donors (Lipinski definition) is 12. The first-order chi connectivity index (χ1) is 25.1. The molecule has 5 unspecified atom stereocenters. The van der Waals surface area contributed by atoms with E-state index in [0.717, 1.165) is 23.1 Å². The molecular formula is C28H37N5O18S2. The Morgan fingerprint density at radius 2 is 1.85 bits per heavy atom. The number of esters is 1. The molecule has 0 aliphatic carbocycles. The number of carbonyl (C=O) groups is 4. The molecular weight excluding hydrogens is 758 g/mol. The normalized spacial score (nSPS) is 32.4. The van der Waals surface area contributed by atoms with Gasteiger partial charge in [-0.1, -0.05) is 17.8 Å². The summed E-state index contributed by atoms with van der Waals surface area (Å²) in [5.41, 5.74) is 4.74. The number of nitrogens with zero attached hydrogens (tertiary/aromatic N) is 2. The average Bonchev–Trinajstić information content (AvgIpc) is 3.67. The number of hydrogen-bond acceptors (Lipinski definition) is 22. The first-order valence-electron chi connectivity index (χ1n) is 15.3. The maximum absolute atomic E-state index is 13.7. The van der Waals surface area contributed by atoms with Gasteiger partial charge in [-0.3, -0.25) is 4.79 Å². The molecule has 25 heteroatoms. The fourth-order valence-electron chi connectivity index (χ4n) is 5.16. The number of aromatic nitrogens is 1. The van der Waals surface area contributed by atoms with Gasteiger partial charge in [0, 0.05) is 11.1 Å². The number of nitrogens with two attached hydrogens (primary N) is 1. The van der Waals surface area contributed by atoms with Gasteiger partial charge in [0.2, 0.25) is 12.4 Å². The van der Waals surface area contributed by atoms with Gasteiger partial charge in [0.25, 0.3) is 5.91 Å². The maximum Gasteiger partial charge on any atom is 0.352 e. The number of aliphatic hydroxyl groups excluding tert-OH is 7. The van der Waals surface area contributed by atoms with Crippen LogP contribution >= 0.6 is 23.1 Å². The minimum absolute atomic E-state index is 0.0147. The quantitative estimate of drug-likeness (QED) is 0.0421. The van der Waals surface area contributed by atoms with Crippen LogP contribution in [-0.2, 0) is 43.0 Å². The van der Waals surface area contributed by atoms with E-state index in [4.69, 9.17) is 34.6 Å².